The van der Waals surface area contributed by atoms with Crippen LogP contribution in [0.5, 0.6) is 5.75 Å². The number of anilines is 1. The van der Waals surface area contributed by atoms with Crippen LogP contribution in [0, 0.1) is 6.92 Å². The Balaban J connectivity index is 2.00. The van der Waals surface area contributed by atoms with E-state index in [0.29, 0.717) is 19.1 Å². The highest BCUT2D eigenvalue weighted by Crippen LogP contribution is 2.35. The van der Waals surface area contributed by atoms with E-state index in [0.717, 1.165) is 22.6 Å². The summed E-state index contributed by atoms with van der Waals surface area (Å²) in [5, 5.41) is 4.08. The Morgan fingerprint density at radius 1 is 1.40 bits per heavy atom. The van der Waals surface area contributed by atoms with Crippen molar-refractivity contribution in [1.82, 2.24) is 19.7 Å². The van der Waals surface area contributed by atoms with Crippen LogP contribution in [0.25, 0.3) is 0 Å². The van der Waals surface area contributed by atoms with Crippen molar-refractivity contribution >= 4 is 5.95 Å². The fourth-order valence-corrected chi connectivity index (χ4v) is 2.18. The Kier molecular flexibility index (Phi) is 2.86. The summed E-state index contributed by atoms with van der Waals surface area (Å²) in [5.41, 5.74) is 8.56. The topological polar surface area (TPSA) is 88.1 Å². The number of pyridine rings is 1. The number of hydrogen-bond acceptors (Lipinski definition) is 6. The monoisotopic (exact) mass is 275 g/mol. The predicted octanol–water partition coefficient (Wildman–Crippen LogP) is 1.26. The van der Waals surface area contributed by atoms with Gasteiger partial charge in [-0.15, -0.1) is 0 Å². The number of aromatic nitrogens is 4. The molecule has 7 nitrogen and oxygen atoms in total. The average molecular weight is 275 g/mol. The highest BCUT2D eigenvalue weighted by Gasteiger charge is 2.30. The van der Waals surface area contributed by atoms with E-state index < -0.39 is 5.79 Å². The number of hydrogen-bond donors (Lipinski definition) is 1. The SMILES string of the molecule is Cc1ncc(Cn2ncnc2N)c2c1OC(C)(C)OC2. The molecule has 0 saturated heterocycles. The van der Waals surface area contributed by atoms with Crippen LogP contribution >= 0.6 is 0 Å². The second kappa shape index (κ2) is 4.45. The van der Waals surface area contributed by atoms with Gasteiger partial charge in [-0.1, -0.05) is 0 Å². The van der Waals surface area contributed by atoms with Crippen LogP contribution in [-0.4, -0.2) is 25.5 Å². The molecule has 0 atom stereocenters. The third-order valence-electron chi connectivity index (χ3n) is 3.28. The molecular formula is C13H17N5O2. The number of nitrogens with zero attached hydrogens (tertiary/aromatic N) is 4. The van der Waals surface area contributed by atoms with Crippen molar-refractivity contribution in [1.29, 1.82) is 0 Å². The second-order valence-corrected chi connectivity index (χ2v) is 5.24. The maximum absolute atomic E-state index is 5.88. The van der Waals surface area contributed by atoms with Gasteiger partial charge in [0.25, 0.3) is 0 Å². The van der Waals surface area contributed by atoms with E-state index in [9.17, 15) is 0 Å². The van der Waals surface area contributed by atoms with Crippen LogP contribution in [0.3, 0.4) is 0 Å². The summed E-state index contributed by atoms with van der Waals surface area (Å²) < 4.78 is 13.2. The molecule has 0 unspecified atom stereocenters. The van der Waals surface area contributed by atoms with Crippen LogP contribution in [0.4, 0.5) is 5.95 Å². The van der Waals surface area contributed by atoms with Gasteiger partial charge in [0.05, 0.1) is 18.8 Å². The lowest BCUT2D eigenvalue weighted by molar-refractivity contribution is -0.180. The molecule has 0 fully saturated rings. The summed E-state index contributed by atoms with van der Waals surface area (Å²) in [7, 11) is 0. The standard InChI is InChI=1S/C13H17N5O2/c1-8-11-10(6-19-13(2,3)20-11)9(4-15-8)5-18-12(14)16-7-17-18/h4,7H,5-6H2,1-3H3,(H2,14,16,17). The molecule has 2 aromatic rings. The smallest absolute Gasteiger partial charge is 0.218 e. The van der Waals surface area contributed by atoms with E-state index in [2.05, 4.69) is 15.1 Å². The van der Waals surface area contributed by atoms with Crippen molar-refractivity contribution in [2.24, 2.45) is 0 Å². The summed E-state index contributed by atoms with van der Waals surface area (Å²) in [5.74, 6) is 0.527. The lowest BCUT2D eigenvalue weighted by Crippen LogP contribution is -2.36. The molecule has 3 rings (SSSR count). The molecule has 0 aromatic carbocycles. The van der Waals surface area contributed by atoms with Gasteiger partial charge in [-0.05, 0) is 6.92 Å². The third-order valence-corrected chi connectivity index (χ3v) is 3.28. The Morgan fingerprint density at radius 3 is 2.90 bits per heavy atom. The van der Waals surface area contributed by atoms with E-state index in [1.807, 2.05) is 20.8 Å². The highest BCUT2D eigenvalue weighted by atomic mass is 16.7. The molecule has 7 heteroatoms. The van der Waals surface area contributed by atoms with E-state index >= 15 is 0 Å². The molecule has 0 radical (unpaired) electrons. The van der Waals surface area contributed by atoms with Gasteiger partial charge in [0.1, 0.15) is 12.1 Å². The molecular weight excluding hydrogens is 258 g/mol. The van der Waals surface area contributed by atoms with Gasteiger partial charge in [-0.25, -0.2) is 9.67 Å². The number of rotatable bonds is 2. The Bertz CT molecular complexity index is 650. The van der Waals surface area contributed by atoms with Crippen molar-refractivity contribution in [2.45, 2.75) is 39.7 Å². The molecule has 0 saturated carbocycles. The van der Waals surface area contributed by atoms with Crippen molar-refractivity contribution < 1.29 is 9.47 Å². The maximum atomic E-state index is 5.88. The summed E-state index contributed by atoms with van der Waals surface area (Å²) in [6, 6.07) is 0. The lowest BCUT2D eigenvalue weighted by atomic mass is 10.1. The molecule has 106 valence electrons. The molecule has 1 aliphatic heterocycles. The fraction of sp³-hybridized carbons (Fsp3) is 0.462. The number of aryl methyl sites for hydroxylation is 1. The van der Waals surface area contributed by atoms with Crippen LogP contribution in [0.2, 0.25) is 0 Å². The first-order valence-electron chi connectivity index (χ1n) is 6.40. The highest BCUT2D eigenvalue weighted by molar-refractivity contribution is 5.43. The van der Waals surface area contributed by atoms with E-state index in [4.69, 9.17) is 15.2 Å². The lowest BCUT2D eigenvalue weighted by Gasteiger charge is -2.34. The molecule has 3 heterocycles. The summed E-state index contributed by atoms with van der Waals surface area (Å²) in [6.45, 7) is 6.67. The number of nitrogens with two attached hydrogens (primary N) is 1. The van der Waals surface area contributed by atoms with Crippen LogP contribution in [0.15, 0.2) is 12.5 Å². The largest absolute Gasteiger partial charge is 0.461 e. The molecule has 0 spiro atoms. The molecule has 0 amide bonds. The number of fused-ring (bicyclic) bond motifs is 1. The zero-order valence-corrected chi connectivity index (χ0v) is 11.8. The third kappa shape index (κ3) is 2.20. The Labute approximate surface area is 116 Å². The molecule has 2 aromatic heterocycles. The van der Waals surface area contributed by atoms with Crippen LogP contribution in [0.1, 0.15) is 30.7 Å². The fourth-order valence-electron chi connectivity index (χ4n) is 2.18. The van der Waals surface area contributed by atoms with Gasteiger partial charge < -0.3 is 15.2 Å². The quantitative estimate of drug-likeness (QED) is 0.887. The Hall–Kier alpha value is -2.15. The van der Waals surface area contributed by atoms with E-state index in [1.54, 1.807) is 10.9 Å². The summed E-state index contributed by atoms with van der Waals surface area (Å²) in [4.78, 5) is 8.30. The molecule has 0 aliphatic carbocycles. The van der Waals surface area contributed by atoms with Gasteiger partial charge in [-0.3, -0.25) is 4.98 Å². The van der Waals surface area contributed by atoms with Gasteiger partial charge in [-0.2, -0.15) is 5.10 Å². The second-order valence-electron chi connectivity index (χ2n) is 5.24. The Morgan fingerprint density at radius 2 is 2.20 bits per heavy atom. The minimum Gasteiger partial charge on any atom is -0.461 e. The average Bonchev–Trinajstić information content (AvgIpc) is 2.78. The number of ether oxygens (including phenoxy) is 2. The zero-order chi connectivity index (χ0) is 14.3. The van der Waals surface area contributed by atoms with E-state index in [-0.39, 0.29) is 0 Å². The number of nitrogen functional groups attached to an aromatic ring is 1. The summed E-state index contributed by atoms with van der Waals surface area (Å²) in [6.07, 6.45) is 3.24. The molecule has 0 bridgehead atoms. The van der Waals surface area contributed by atoms with Crippen molar-refractivity contribution in [2.75, 3.05) is 5.73 Å². The van der Waals surface area contributed by atoms with Gasteiger partial charge in [0, 0.05) is 31.2 Å². The van der Waals surface area contributed by atoms with Gasteiger partial charge in [0.15, 0.2) is 0 Å². The zero-order valence-electron chi connectivity index (χ0n) is 11.8. The van der Waals surface area contributed by atoms with Crippen molar-refractivity contribution in [3.8, 4) is 5.75 Å². The van der Waals surface area contributed by atoms with Crippen molar-refractivity contribution in [3.05, 3.63) is 29.3 Å². The first-order valence-corrected chi connectivity index (χ1v) is 6.40. The first-order chi connectivity index (χ1) is 9.46. The van der Waals surface area contributed by atoms with Crippen LogP contribution in [-0.2, 0) is 17.9 Å². The molecule has 20 heavy (non-hydrogen) atoms. The minimum atomic E-state index is -0.635. The summed E-state index contributed by atoms with van der Waals surface area (Å²) >= 11 is 0. The van der Waals surface area contributed by atoms with Crippen molar-refractivity contribution in [3.63, 3.8) is 0 Å². The molecule has 2 N–H and O–H groups in total. The van der Waals surface area contributed by atoms with Gasteiger partial charge in [0.2, 0.25) is 11.7 Å². The predicted molar refractivity (Wildman–Crippen MR) is 72.0 cm³/mol. The van der Waals surface area contributed by atoms with Gasteiger partial charge >= 0.3 is 0 Å². The minimum absolute atomic E-state index is 0.373. The van der Waals surface area contributed by atoms with Crippen LogP contribution < -0.4 is 10.5 Å². The first kappa shape index (κ1) is 12.9. The normalized spacial score (nSPS) is 16.6. The molecule has 1 aliphatic rings. The van der Waals surface area contributed by atoms with E-state index in [1.165, 1.54) is 6.33 Å². The maximum Gasteiger partial charge on any atom is 0.218 e.